The highest BCUT2D eigenvalue weighted by Gasteiger charge is 2.37. The molecule has 1 rings (SSSR count). The number of aliphatic carboxylic acids is 1. The fourth-order valence-electron chi connectivity index (χ4n) is 1.53. The van der Waals surface area contributed by atoms with Gasteiger partial charge in [0.2, 0.25) is 11.0 Å². The van der Waals surface area contributed by atoms with E-state index in [-0.39, 0.29) is 11.7 Å². The second-order valence-corrected chi connectivity index (χ2v) is 4.82. The molecule has 0 bridgehead atoms. The topological polar surface area (TPSA) is 75.1 Å². The lowest BCUT2D eigenvalue weighted by Crippen LogP contribution is -2.36. The van der Waals surface area contributed by atoms with Gasteiger partial charge in [-0.05, 0) is 12.8 Å². The molecular formula is C10H14F3N3O2S. The first-order valence-electron chi connectivity index (χ1n) is 5.63. The second-order valence-electron chi connectivity index (χ2n) is 4.07. The first kappa shape index (κ1) is 15.7. The maximum Gasteiger partial charge on any atom is 0.452 e. The van der Waals surface area contributed by atoms with Crippen molar-refractivity contribution < 1.29 is 23.1 Å². The molecule has 0 amide bonds. The van der Waals surface area contributed by atoms with Crippen molar-refractivity contribution in [3.8, 4) is 0 Å². The number of aromatic nitrogens is 2. The average Bonchev–Trinajstić information content (AvgIpc) is 2.79. The SMILES string of the molecule is CCC(CC)(CNc1nc(C(F)(F)F)ns1)C(=O)O. The third-order valence-electron chi connectivity index (χ3n) is 3.06. The average molecular weight is 297 g/mol. The second kappa shape index (κ2) is 5.72. The van der Waals surface area contributed by atoms with Gasteiger partial charge in [-0.1, -0.05) is 13.8 Å². The van der Waals surface area contributed by atoms with E-state index in [4.69, 9.17) is 0 Å². The minimum Gasteiger partial charge on any atom is -0.481 e. The summed E-state index contributed by atoms with van der Waals surface area (Å²) in [6, 6.07) is 0. The van der Waals surface area contributed by atoms with E-state index in [1.54, 1.807) is 13.8 Å². The Morgan fingerprint density at radius 2 is 1.95 bits per heavy atom. The van der Waals surface area contributed by atoms with Gasteiger partial charge in [-0.3, -0.25) is 4.79 Å². The Labute approximate surface area is 112 Å². The van der Waals surface area contributed by atoms with Crippen LogP contribution in [0.4, 0.5) is 18.3 Å². The monoisotopic (exact) mass is 297 g/mol. The van der Waals surface area contributed by atoms with Crippen LogP contribution < -0.4 is 5.32 Å². The van der Waals surface area contributed by atoms with Crippen LogP contribution in [0.3, 0.4) is 0 Å². The lowest BCUT2D eigenvalue weighted by Gasteiger charge is -2.26. The molecule has 19 heavy (non-hydrogen) atoms. The van der Waals surface area contributed by atoms with Crippen molar-refractivity contribution in [1.82, 2.24) is 9.36 Å². The van der Waals surface area contributed by atoms with E-state index in [1.165, 1.54) is 0 Å². The van der Waals surface area contributed by atoms with Gasteiger partial charge in [-0.25, -0.2) is 0 Å². The van der Waals surface area contributed by atoms with Crippen LogP contribution in [0.5, 0.6) is 0 Å². The molecule has 0 saturated heterocycles. The van der Waals surface area contributed by atoms with Crippen LogP contribution in [0.15, 0.2) is 0 Å². The quantitative estimate of drug-likeness (QED) is 0.844. The van der Waals surface area contributed by atoms with Crippen LogP contribution in [0.2, 0.25) is 0 Å². The van der Waals surface area contributed by atoms with E-state index in [9.17, 15) is 23.1 Å². The molecule has 9 heteroatoms. The first-order chi connectivity index (χ1) is 8.75. The highest BCUT2D eigenvalue weighted by atomic mass is 32.1. The van der Waals surface area contributed by atoms with Gasteiger partial charge < -0.3 is 10.4 Å². The van der Waals surface area contributed by atoms with Crippen molar-refractivity contribution in [1.29, 1.82) is 0 Å². The maximum atomic E-state index is 12.3. The Kier molecular flexibility index (Phi) is 4.72. The molecule has 1 aromatic rings. The van der Waals surface area contributed by atoms with E-state index < -0.39 is 23.4 Å². The number of anilines is 1. The minimum atomic E-state index is -4.59. The summed E-state index contributed by atoms with van der Waals surface area (Å²) < 4.78 is 40.1. The van der Waals surface area contributed by atoms with E-state index in [0.717, 1.165) is 0 Å². The summed E-state index contributed by atoms with van der Waals surface area (Å²) in [5.41, 5.74) is -1.01. The molecule has 2 N–H and O–H groups in total. The predicted molar refractivity (Wildman–Crippen MR) is 64.1 cm³/mol. The van der Waals surface area contributed by atoms with Gasteiger partial charge >= 0.3 is 12.1 Å². The number of rotatable bonds is 6. The number of hydrogen-bond acceptors (Lipinski definition) is 5. The van der Waals surface area contributed by atoms with E-state index in [1.807, 2.05) is 0 Å². The van der Waals surface area contributed by atoms with Crippen LogP contribution >= 0.6 is 11.5 Å². The normalized spacial score (nSPS) is 12.5. The van der Waals surface area contributed by atoms with Crippen LogP contribution in [-0.4, -0.2) is 27.0 Å². The maximum absolute atomic E-state index is 12.3. The highest BCUT2D eigenvalue weighted by molar-refractivity contribution is 7.09. The number of alkyl halides is 3. The molecule has 0 aliphatic carbocycles. The number of nitrogens with zero attached hydrogens (tertiary/aromatic N) is 2. The molecular weight excluding hydrogens is 283 g/mol. The summed E-state index contributed by atoms with van der Waals surface area (Å²) in [6.45, 7) is 3.46. The van der Waals surface area contributed by atoms with Crippen molar-refractivity contribution in [3.63, 3.8) is 0 Å². The van der Waals surface area contributed by atoms with Crippen LogP contribution in [-0.2, 0) is 11.0 Å². The largest absolute Gasteiger partial charge is 0.481 e. The Hall–Kier alpha value is -1.38. The predicted octanol–water partition coefficient (Wildman–Crippen LogP) is 2.86. The number of halogens is 3. The van der Waals surface area contributed by atoms with Gasteiger partial charge in [-0.2, -0.15) is 22.5 Å². The lowest BCUT2D eigenvalue weighted by molar-refractivity contribution is -0.148. The molecule has 0 spiro atoms. The van der Waals surface area contributed by atoms with Crippen molar-refractivity contribution in [2.75, 3.05) is 11.9 Å². The number of nitrogens with one attached hydrogen (secondary N) is 1. The standard InChI is InChI=1S/C10H14F3N3O2S/c1-3-9(4-2,7(17)18)5-14-8-15-6(16-19-8)10(11,12)13/h3-5H2,1-2H3,(H,17,18)(H,14,15,16). The van der Waals surface area contributed by atoms with Crippen molar-refractivity contribution >= 4 is 22.6 Å². The zero-order valence-electron chi connectivity index (χ0n) is 10.4. The lowest BCUT2D eigenvalue weighted by atomic mass is 9.82. The molecule has 0 fully saturated rings. The van der Waals surface area contributed by atoms with Gasteiger partial charge in [0.15, 0.2) is 0 Å². The van der Waals surface area contributed by atoms with Gasteiger partial charge in [0, 0.05) is 18.1 Å². The fraction of sp³-hybridized carbons (Fsp3) is 0.700. The Morgan fingerprint density at radius 1 is 1.37 bits per heavy atom. The zero-order chi connectivity index (χ0) is 14.7. The number of hydrogen-bond donors (Lipinski definition) is 2. The van der Waals surface area contributed by atoms with Crippen molar-refractivity contribution in [2.24, 2.45) is 5.41 Å². The number of carboxylic acids is 1. The molecule has 108 valence electrons. The summed E-state index contributed by atoms with van der Waals surface area (Å²) >= 11 is 0.565. The van der Waals surface area contributed by atoms with Crippen LogP contribution in [0, 0.1) is 5.41 Å². The molecule has 0 unspecified atom stereocenters. The van der Waals surface area contributed by atoms with Crippen molar-refractivity contribution in [2.45, 2.75) is 32.9 Å². The van der Waals surface area contributed by atoms with E-state index in [2.05, 4.69) is 14.7 Å². The Balaban J connectivity index is 2.76. The van der Waals surface area contributed by atoms with Crippen LogP contribution in [0.1, 0.15) is 32.5 Å². The summed E-state index contributed by atoms with van der Waals surface area (Å²) in [6.07, 6.45) is -3.84. The summed E-state index contributed by atoms with van der Waals surface area (Å²) in [7, 11) is 0. The highest BCUT2D eigenvalue weighted by Crippen LogP contribution is 2.31. The van der Waals surface area contributed by atoms with E-state index >= 15 is 0 Å². The molecule has 0 radical (unpaired) electrons. The van der Waals surface area contributed by atoms with Gasteiger partial charge in [0.05, 0.1) is 5.41 Å². The summed E-state index contributed by atoms with van der Waals surface area (Å²) in [5.74, 6) is -2.19. The molecule has 0 atom stereocenters. The Morgan fingerprint density at radius 3 is 2.32 bits per heavy atom. The fourth-order valence-corrected chi connectivity index (χ4v) is 2.11. The molecule has 1 heterocycles. The van der Waals surface area contributed by atoms with Gasteiger partial charge in [0.1, 0.15) is 0 Å². The molecule has 0 aromatic carbocycles. The minimum absolute atomic E-state index is 0.0157. The third kappa shape index (κ3) is 3.55. The molecule has 5 nitrogen and oxygen atoms in total. The summed E-state index contributed by atoms with van der Waals surface area (Å²) in [4.78, 5) is 14.5. The van der Waals surface area contributed by atoms with Crippen LogP contribution in [0.25, 0.3) is 0 Å². The smallest absolute Gasteiger partial charge is 0.452 e. The Bertz CT molecular complexity index is 443. The molecule has 0 aliphatic heterocycles. The number of carboxylic acid groups (broad SMARTS) is 1. The summed E-state index contributed by atoms with van der Waals surface area (Å²) in [5, 5.41) is 11.8. The molecule has 1 aromatic heterocycles. The van der Waals surface area contributed by atoms with Crippen molar-refractivity contribution in [3.05, 3.63) is 5.82 Å². The third-order valence-corrected chi connectivity index (χ3v) is 3.74. The molecule has 0 aliphatic rings. The first-order valence-corrected chi connectivity index (χ1v) is 6.40. The van der Waals surface area contributed by atoms with Gasteiger partial charge in [0.25, 0.3) is 0 Å². The number of carbonyl (C=O) groups is 1. The van der Waals surface area contributed by atoms with E-state index in [0.29, 0.717) is 24.4 Å². The molecule has 0 saturated carbocycles. The van der Waals surface area contributed by atoms with Gasteiger partial charge in [-0.15, -0.1) is 0 Å². The zero-order valence-corrected chi connectivity index (χ0v) is 11.2.